The predicted molar refractivity (Wildman–Crippen MR) is 94.9 cm³/mol. The van der Waals surface area contributed by atoms with Crippen molar-refractivity contribution in [2.45, 2.75) is 26.8 Å². The highest BCUT2D eigenvalue weighted by Crippen LogP contribution is 2.16. The number of allylic oxidation sites excluding steroid dienone is 1. The van der Waals surface area contributed by atoms with E-state index in [4.69, 9.17) is 16.2 Å². The Hall–Kier alpha value is -2.35. The number of imidazole rings is 1. The standard InChI is InChI=1S/C16H27N7O/c1-12(2)8-22(7-5-17)9-13(24-3)4-6-23-11-21-14-15(18)19-10-20-16(14)23/h9-12H,4-8,17H2,1-3H3,(H2,18,19,20)/b13-9+. The van der Waals surface area contributed by atoms with Crippen LogP contribution in [0.5, 0.6) is 0 Å². The smallest absolute Gasteiger partial charge is 0.165 e. The summed E-state index contributed by atoms with van der Waals surface area (Å²) in [7, 11) is 1.69. The lowest BCUT2D eigenvalue weighted by Gasteiger charge is -2.23. The Morgan fingerprint density at radius 2 is 2.17 bits per heavy atom. The lowest BCUT2D eigenvalue weighted by molar-refractivity contribution is 0.248. The van der Waals surface area contributed by atoms with Crippen molar-refractivity contribution >= 4 is 17.0 Å². The first-order valence-corrected chi connectivity index (χ1v) is 8.15. The number of nitrogen functional groups attached to an aromatic ring is 1. The Morgan fingerprint density at radius 3 is 2.83 bits per heavy atom. The van der Waals surface area contributed by atoms with Gasteiger partial charge in [-0.15, -0.1) is 0 Å². The molecule has 0 bridgehead atoms. The molecule has 0 atom stereocenters. The molecule has 0 saturated heterocycles. The maximum absolute atomic E-state index is 5.82. The molecule has 0 aliphatic rings. The fraction of sp³-hybridized carbons (Fsp3) is 0.562. The number of ether oxygens (including phenoxy) is 1. The van der Waals surface area contributed by atoms with Crippen LogP contribution in [0.2, 0.25) is 0 Å². The molecule has 0 spiro atoms. The van der Waals surface area contributed by atoms with Crippen molar-refractivity contribution in [2.24, 2.45) is 11.7 Å². The molecule has 0 aromatic carbocycles. The minimum atomic E-state index is 0.396. The molecular formula is C16H27N7O. The van der Waals surface area contributed by atoms with Crippen LogP contribution in [0, 0.1) is 5.92 Å². The van der Waals surface area contributed by atoms with E-state index >= 15 is 0 Å². The summed E-state index contributed by atoms with van der Waals surface area (Å²) in [5.41, 5.74) is 12.9. The van der Waals surface area contributed by atoms with Gasteiger partial charge in [-0.2, -0.15) is 0 Å². The van der Waals surface area contributed by atoms with E-state index in [0.717, 1.165) is 30.9 Å². The number of nitrogens with two attached hydrogens (primary N) is 2. The Balaban J connectivity index is 2.08. The SMILES string of the molecule is CO/C(=C/N(CCN)CC(C)C)CCn1cnc2c(N)ncnc21. The van der Waals surface area contributed by atoms with E-state index in [1.807, 2.05) is 4.57 Å². The van der Waals surface area contributed by atoms with Gasteiger partial charge in [-0.3, -0.25) is 0 Å². The third-order valence-electron chi connectivity index (χ3n) is 3.63. The summed E-state index contributed by atoms with van der Waals surface area (Å²) in [6.07, 6.45) is 5.96. The summed E-state index contributed by atoms with van der Waals surface area (Å²) in [5, 5.41) is 0. The number of anilines is 1. The summed E-state index contributed by atoms with van der Waals surface area (Å²) in [6.45, 7) is 7.44. The maximum Gasteiger partial charge on any atom is 0.165 e. The molecule has 2 heterocycles. The van der Waals surface area contributed by atoms with E-state index in [1.54, 1.807) is 13.4 Å². The monoisotopic (exact) mass is 333 g/mol. The van der Waals surface area contributed by atoms with Crippen molar-refractivity contribution in [1.82, 2.24) is 24.4 Å². The molecule has 0 radical (unpaired) electrons. The number of aromatic nitrogens is 4. The third kappa shape index (κ3) is 4.58. The van der Waals surface area contributed by atoms with Gasteiger partial charge in [0, 0.05) is 38.8 Å². The van der Waals surface area contributed by atoms with Gasteiger partial charge in [-0.25, -0.2) is 15.0 Å². The minimum Gasteiger partial charge on any atom is -0.500 e. The van der Waals surface area contributed by atoms with Gasteiger partial charge in [0.1, 0.15) is 17.6 Å². The molecule has 8 heteroatoms. The van der Waals surface area contributed by atoms with E-state index in [9.17, 15) is 0 Å². The van der Waals surface area contributed by atoms with Crippen LogP contribution >= 0.6 is 0 Å². The van der Waals surface area contributed by atoms with Crippen molar-refractivity contribution in [3.05, 3.63) is 24.6 Å². The molecule has 2 aromatic heterocycles. The second-order valence-electron chi connectivity index (χ2n) is 6.10. The summed E-state index contributed by atoms with van der Waals surface area (Å²) < 4.78 is 7.48. The van der Waals surface area contributed by atoms with Gasteiger partial charge in [0.15, 0.2) is 11.5 Å². The van der Waals surface area contributed by atoms with Crippen LogP contribution in [0.1, 0.15) is 20.3 Å². The van der Waals surface area contributed by atoms with Crippen LogP contribution in [0.4, 0.5) is 5.82 Å². The number of methoxy groups -OCH3 is 1. The van der Waals surface area contributed by atoms with Crippen molar-refractivity contribution in [2.75, 3.05) is 32.5 Å². The van der Waals surface area contributed by atoms with E-state index in [0.29, 0.717) is 30.3 Å². The van der Waals surface area contributed by atoms with Crippen molar-refractivity contribution in [1.29, 1.82) is 0 Å². The molecule has 0 unspecified atom stereocenters. The van der Waals surface area contributed by atoms with E-state index in [1.165, 1.54) is 6.33 Å². The topological polar surface area (TPSA) is 108 Å². The molecular weight excluding hydrogens is 306 g/mol. The van der Waals surface area contributed by atoms with Gasteiger partial charge >= 0.3 is 0 Å². The second kappa shape index (κ2) is 8.49. The predicted octanol–water partition coefficient (Wildman–Crippen LogP) is 1.20. The van der Waals surface area contributed by atoms with Crippen LogP contribution in [0.25, 0.3) is 11.2 Å². The zero-order valence-corrected chi connectivity index (χ0v) is 14.6. The van der Waals surface area contributed by atoms with Gasteiger partial charge in [-0.05, 0) is 5.92 Å². The van der Waals surface area contributed by atoms with Crippen LogP contribution in [0.15, 0.2) is 24.6 Å². The highest BCUT2D eigenvalue weighted by molar-refractivity contribution is 5.81. The summed E-state index contributed by atoms with van der Waals surface area (Å²) in [6, 6.07) is 0. The zero-order valence-electron chi connectivity index (χ0n) is 14.6. The first-order chi connectivity index (χ1) is 11.5. The maximum atomic E-state index is 5.82. The largest absolute Gasteiger partial charge is 0.500 e. The molecule has 0 aliphatic heterocycles. The molecule has 0 fully saturated rings. The minimum absolute atomic E-state index is 0.396. The molecule has 0 amide bonds. The van der Waals surface area contributed by atoms with Crippen molar-refractivity contribution in [3.8, 4) is 0 Å². The van der Waals surface area contributed by atoms with Crippen molar-refractivity contribution < 1.29 is 4.74 Å². The Bertz CT molecular complexity index is 680. The number of fused-ring (bicyclic) bond motifs is 1. The third-order valence-corrected chi connectivity index (χ3v) is 3.63. The van der Waals surface area contributed by atoms with Gasteiger partial charge in [-0.1, -0.05) is 13.8 Å². The van der Waals surface area contributed by atoms with E-state index < -0.39 is 0 Å². The molecule has 0 saturated carbocycles. The first kappa shape index (κ1) is 18.0. The van der Waals surface area contributed by atoms with Crippen LogP contribution in [-0.4, -0.2) is 51.2 Å². The number of nitrogens with zero attached hydrogens (tertiary/aromatic N) is 5. The highest BCUT2D eigenvalue weighted by Gasteiger charge is 2.10. The molecule has 2 aromatic rings. The van der Waals surface area contributed by atoms with E-state index in [-0.39, 0.29) is 0 Å². The number of hydrogen-bond donors (Lipinski definition) is 2. The number of rotatable bonds is 9. The fourth-order valence-electron chi connectivity index (χ4n) is 2.56. The molecule has 8 nitrogen and oxygen atoms in total. The fourth-order valence-corrected chi connectivity index (χ4v) is 2.56. The van der Waals surface area contributed by atoms with Crippen LogP contribution in [0.3, 0.4) is 0 Å². The van der Waals surface area contributed by atoms with Crippen LogP contribution in [-0.2, 0) is 11.3 Å². The lowest BCUT2D eigenvalue weighted by Crippen LogP contribution is -2.28. The van der Waals surface area contributed by atoms with Crippen LogP contribution < -0.4 is 11.5 Å². The lowest BCUT2D eigenvalue weighted by atomic mass is 10.2. The summed E-state index contributed by atoms with van der Waals surface area (Å²) in [5.74, 6) is 1.85. The van der Waals surface area contributed by atoms with Crippen molar-refractivity contribution in [3.63, 3.8) is 0 Å². The van der Waals surface area contributed by atoms with E-state index in [2.05, 4.69) is 39.9 Å². The zero-order chi connectivity index (χ0) is 17.5. The Kier molecular flexibility index (Phi) is 6.36. The quantitative estimate of drug-likeness (QED) is 0.664. The summed E-state index contributed by atoms with van der Waals surface area (Å²) in [4.78, 5) is 14.7. The average molecular weight is 333 g/mol. The first-order valence-electron chi connectivity index (χ1n) is 8.15. The normalized spacial score (nSPS) is 12.1. The molecule has 132 valence electrons. The van der Waals surface area contributed by atoms with Gasteiger partial charge in [0.05, 0.1) is 13.4 Å². The summed E-state index contributed by atoms with van der Waals surface area (Å²) >= 11 is 0. The van der Waals surface area contributed by atoms with Gasteiger partial charge in [0.2, 0.25) is 0 Å². The molecule has 2 rings (SSSR count). The highest BCUT2D eigenvalue weighted by atomic mass is 16.5. The molecule has 4 N–H and O–H groups in total. The Labute approximate surface area is 142 Å². The van der Waals surface area contributed by atoms with Gasteiger partial charge in [0.25, 0.3) is 0 Å². The number of aryl methyl sites for hydroxylation is 1. The Morgan fingerprint density at radius 1 is 1.38 bits per heavy atom. The molecule has 24 heavy (non-hydrogen) atoms. The molecule has 0 aliphatic carbocycles. The second-order valence-corrected chi connectivity index (χ2v) is 6.10. The van der Waals surface area contributed by atoms with Gasteiger partial charge < -0.3 is 25.7 Å². The average Bonchev–Trinajstić information content (AvgIpc) is 2.95. The number of hydrogen-bond acceptors (Lipinski definition) is 7.